The molecular weight excluding hydrogens is 224 g/mol. The topological polar surface area (TPSA) is 70.5 Å². The smallest absolute Gasteiger partial charge is 0.0977 e. The number of fused-ring (bicyclic) bond motifs is 1. The fraction of sp³-hybridized carbons (Fsp3) is 0.214. The number of para-hydroxylation sites is 1. The summed E-state index contributed by atoms with van der Waals surface area (Å²) in [6, 6.07) is 8.25. The first kappa shape index (κ1) is 11.0. The van der Waals surface area contributed by atoms with Gasteiger partial charge in [-0.3, -0.25) is 5.10 Å². The van der Waals surface area contributed by atoms with E-state index < -0.39 is 0 Å². The Labute approximate surface area is 105 Å². The van der Waals surface area contributed by atoms with Crippen LogP contribution in [0.2, 0.25) is 0 Å². The van der Waals surface area contributed by atoms with Gasteiger partial charge in [0.1, 0.15) is 0 Å². The van der Waals surface area contributed by atoms with Crippen molar-refractivity contribution in [3.63, 3.8) is 0 Å². The van der Waals surface area contributed by atoms with Crippen molar-refractivity contribution < 1.29 is 0 Å². The maximum Gasteiger partial charge on any atom is 0.0977 e. The van der Waals surface area contributed by atoms with Crippen LogP contribution in [0.25, 0.3) is 22.2 Å². The maximum atomic E-state index is 5.67. The molecule has 0 radical (unpaired) electrons. The van der Waals surface area contributed by atoms with Gasteiger partial charge in [-0.05, 0) is 26.0 Å². The van der Waals surface area contributed by atoms with Gasteiger partial charge in [0.15, 0.2) is 0 Å². The Kier molecular flexibility index (Phi) is 2.64. The standard InChI is InChI=1S/C14H16N4/c1-9-10(6-7-15)14(18-17-9)12-8-16-13-5-3-2-4-11(12)13/h2-5,8,16H,6-7,15H2,1H3,(H,17,18). The summed E-state index contributed by atoms with van der Waals surface area (Å²) in [7, 11) is 0. The predicted octanol–water partition coefficient (Wildman–Crippen LogP) is 2.37. The van der Waals surface area contributed by atoms with Crippen molar-refractivity contribution in [2.24, 2.45) is 5.73 Å². The number of nitrogens with two attached hydrogens (primary N) is 1. The van der Waals surface area contributed by atoms with E-state index in [9.17, 15) is 0 Å². The lowest BCUT2D eigenvalue weighted by atomic mass is 10.0. The average molecular weight is 240 g/mol. The molecule has 4 nitrogen and oxygen atoms in total. The fourth-order valence-electron chi connectivity index (χ4n) is 2.39. The van der Waals surface area contributed by atoms with Crippen LogP contribution in [0.15, 0.2) is 30.5 Å². The second kappa shape index (κ2) is 4.31. The first-order valence-corrected chi connectivity index (χ1v) is 6.11. The minimum absolute atomic E-state index is 0.635. The second-order valence-electron chi connectivity index (χ2n) is 4.46. The highest BCUT2D eigenvalue weighted by Crippen LogP contribution is 2.30. The molecule has 0 spiro atoms. The summed E-state index contributed by atoms with van der Waals surface area (Å²) in [6.07, 6.45) is 2.86. The van der Waals surface area contributed by atoms with Gasteiger partial charge < -0.3 is 10.7 Å². The number of nitrogens with zero attached hydrogens (tertiary/aromatic N) is 1. The van der Waals surface area contributed by atoms with Crippen molar-refractivity contribution in [3.05, 3.63) is 41.7 Å². The number of aromatic amines is 2. The van der Waals surface area contributed by atoms with E-state index in [2.05, 4.69) is 27.3 Å². The van der Waals surface area contributed by atoms with Crippen LogP contribution < -0.4 is 5.73 Å². The lowest BCUT2D eigenvalue weighted by Crippen LogP contribution is -2.04. The molecule has 0 saturated heterocycles. The van der Waals surface area contributed by atoms with E-state index in [1.807, 2.05) is 25.3 Å². The molecule has 0 aliphatic carbocycles. The Hall–Kier alpha value is -2.07. The monoisotopic (exact) mass is 240 g/mol. The van der Waals surface area contributed by atoms with Crippen molar-refractivity contribution in [1.29, 1.82) is 0 Å². The molecule has 0 saturated carbocycles. The van der Waals surface area contributed by atoms with E-state index in [1.54, 1.807) is 0 Å². The fourth-order valence-corrected chi connectivity index (χ4v) is 2.39. The molecule has 18 heavy (non-hydrogen) atoms. The Bertz CT molecular complexity index is 678. The second-order valence-corrected chi connectivity index (χ2v) is 4.46. The van der Waals surface area contributed by atoms with E-state index in [0.717, 1.165) is 28.9 Å². The number of nitrogens with one attached hydrogen (secondary N) is 2. The van der Waals surface area contributed by atoms with Gasteiger partial charge in [-0.15, -0.1) is 0 Å². The maximum absolute atomic E-state index is 5.67. The molecule has 92 valence electrons. The van der Waals surface area contributed by atoms with E-state index in [1.165, 1.54) is 10.9 Å². The van der Waals surface area contributed by atoms with E-state index in [-0.39, 0.29) is 0 Å². The van der Waals surface area contributed by atoms with Crippen LogP contribution in [-0.4, -0.2) is 21.7 Å². The SMILES string of the molecule is Cc1[nH]nc(-c2c[nH]c3ccccc23)c1CCN. The normalized spacial score (nSPS) is 11.2. The zero-order valence-electron chi connectivity index (χ0n) is 10.3. The number of rotatable bonds is 3. The summed E-state index contributed by atoms with van der Waals surface area (Å²) in [6.45, 7) is 2.67. The molecule has 0 aliphatic rings. The molecule has 4 heteroatoms. The lowest BCUT2D eigenvalue weighted by molar-refractivity contribution is 0.957. The van der Waals surface area contributed by atoms with Gasteiger partial charge in [0.25, 0.3) is 0 Å². The molecule has 4 N–H and O–H groups in total. The first-order chi connectivity index (χ1) is 8.81. The van der Waals surface area contributed by atoms with Crippen molar-refractivity contribution >= 4 is 10.9 Å². The lowest BCUT2D eigenvalue weighted by Gasteiger charge is -2.01. The van der Waals surface area contributed by atoms with Crippen LogP contribution in [0.4, 0.5) is 0 Å². The third kappa shape index (κ3) is 1.62. The minimum Gasteiger partial charge on any atom is -0.360 e. The third-order valence-electron chi connectivity index (χ3n) is 3.31. The Morgan fingerprint density at radius 1 is 1.28 bits per heavy atom. The highest BCUT2D eigenvalue weighted by Gasteiger charge is 2.14. The molecule has 0 aliphatic heterocycles. The number of H-pyrrole nitrogens is 2. The largest absolute Gasteiger partial charge is 0.360 e. The zero-order valence-corrected chi connectivity index (χ0v) is 10.3. The van der Waals surface area contributed by atoms with Gasteiger partial charge in [0.2, 0.25) is 0 Å². The van der Waals surface area contributed by atoms with Crippen LogP contribution in [-0.2, 0) is 6.42 Å². The zero-order chi connectivity index (χ0) is 12.5. The molecule has 0 atom stereocenters. The molecular formula is C14H16N4. The predicted molar refractivity (Wildman–Crippen MR) is 73.4 cm³/mol. The van der Waals surface area contributed by atoms with E-state index >= 15 is 0 Å². The number of hydrogen-bond acceptors (Lipinski definition) is 2. The van der Waals surface area contributed by atoms with Gasteiger partial charge >= 0.3 is 0 Å². The summed E-state index contributed by atoms with van der Waals surface area (Å²) >= 11 is 0. The first-order valence-electron chi connectivity index (χ1n) is 6.11. The molecule has 3 rings (SSSR count). The van der Waals surface area contributed by atoms with Crippen LogP contribution >= 0.6 is 0 Å². The quantitative estimate of drug-likeness (QED) is 0.657. The Morgan fingerprint density at radius 3 is 2.94 bits per heavy atom. The van der Waals surface area contributed by atoms with Crippen LogP contribution in [0.1, 0.15) is 11.3 Å². The van der Waals surface area contributed by atoms with Crippen molar-refractivity contribution in [2.75, 3.05) is 6.54 Å². The summed E-state index contributed by atoms with van der Waals surface area (Å²) in [5.41, 5.74) is 11.3. The van der Waals surface area contributed by atoms with Gasteiger partial charge in [-0.1, -0.05) is 18.2 Å². The van der Waals surface area contributed by atoms with Crippen LogP contribution in [0, 0.1) is 6.92 Å². The molecule has 2 aromatic heterocycles. The summed E-state index contributed by atoms with van der Waals surface area (Å²) < 4.78 is 0. The molecule has 2 heterocycles. The van der Waals surface area contributed by atoms with Gasteiger partial charge in [-0.2, -0.15) is 5.10 Å². The highest BCUT2D eigenvalue weighted by atomic mass is 15.1. The van der Waals surface area contributed by atoms with Crippen molar-refractivity contribution in [3.8, 4) is 11.3 Å². The van der Waals surface area contributed by atoms with Gasteiger partial charge in [0.05, 0.1) is 5.69 Å². The van der Waals surface area contributed by atoms with Crippen molar-refractivity contribution in [2.45, 2.75) is 13.3 Å². The highest BCUT2D eigenvalue weighted by molar-refractivity contribution is 5.95. The number of hydrogen-bond donors (Lipinski definition) is 3. The number of benzene rings is 1. The van der Waals surface area contributed by atoms with Crippen LogP contribution in [0.3, 0.4) is 0 Å². The average Bonchev–Trinajstić information content (AvgIpc) is 2.95. The van der Waals surface area contributed by atoms with Gasteiger partial charge in [0, 0.05) is 33.9 Å². The molecule has 0 fully saturated rings. The summed E-state index contributed by atoms with van der Waals surface area (Å²) in [5, 5.41) is 8.68. The van der Waals surface area contributed by atoms with E-state index in [0.29, 0.717) is 6.54 Å². The number of aromatic nitrogens is 3. The summed E-state index contributed by atoms with van der Waals surface area (Å²) in [4.78, 5) is 3.28. The Morgan fingerprint density at radius 2 is 2.11 bits per heavy atom. The summed E-state index contributed by atoms with van der Waals surface area (Å²) in [5.74, 6) is 0. The minimum atomic E-state index is 0.635. The Balaban J connectivity index is 2.20. The van der Waals surface area contributed by atoms with E-state index in [4.69, 9.17) is 5.73 Å². The number of aryl methyl sites for hydroxylation is 1. The molecule has 0 bridgehead atoms. The molecule has 3 aromatic rings. The third-order valence-corrected chi connectivity index (χ3v) is 3.31. The molecule has 1 aromatic carbocycles. The molecule has 0 unspecified atom stereocenters. The van der Waals surface area contributed by atoms with Crippen molar-refractivity contribution in [1.82, 2.24) is 15.2 Å². The van der Waals surface area contributed by atoms with Crippen LogP contribution in [0.5, 0.6) is 0 Å². The molecule has 0 amide bonds. The van der Waals surface area contributed by atoms with Gasteiger partial charge in [-0.25, -0.2) is 0 Å².